The van der Waals surface area contributed by atoms with Gasteiger partial charge in [0.1, 0.15) is 15.7 Å². The number of aryl methyl sites for hydroxylation is 3. The van der Waals surface area contributed by atoms with Crippen LogP contribution in [0.25, 0.3) is 21.6 Å². The zero-order valence-electron chi connectivity index (χ0n) is 17.5. The number of H-pyrrole nitrogens is 1. The molecule has 4 rings (SSSR count). The minimum absolute atomic E-state index is 0.156. The van der Waals surface area contributed by atoms with Crippen molar-refractivity contribution >= 4 is 28.3 Å². The van der Waals surface area contributed by atoms with Crippen molar-refractivity contribution in [1.82, 2.24) is 29.6 Å². The lowest BCUT2D eigenvalue weighted by Crippen LogP contribution is -2.26. The molecule has 0 spiro atoms. The van der Waals surface area contributed by atoms with Gasteiger partial charge in [-0.05, 0) is 38.5 Å². The number of hydrogen-bond acceptors (Lipinski definition) is 6. The standard InChI is InChI=1S/C21H22N6O2S/c1-11-12(2)25-27(5)20(28)17(11)19-22-13(3)18(30-19)21(29)26(4)10-16-23-14-8-6-7-9-15(14)24-16/h6-9H,10H2,1-5H3,(H,23,24). The van der Waals surface area contributed by atoms with E-state index in [9.17, 15) is 9.59 Å². The molecule has 0 aliphatic carbocycles. The lowest BCUT2D eigenvalue weighted by atomic mass is 10.1. The van der Waals surface area contributed by atoms with Crippen molar-refractivity contribution in [1.29, 1.82) is 0 Å². The third kappa shape index (κ3) is 3.41. The summed E-state index contributed by atoms with van der Waals surface area (Å²) in [5.74, 6) is 0.556. The highest BCUT2D eigenvalue weighted by molar-refractivity contribution is 7.17. The van der Waals surface area contributed by atoms with Gasteiger partial charge in [-0.15, -0.1) is 11.3 Å². The van der Waals surface area contributed by atoms with E-state index < -0.39 is 0 Å². The predicted molar refractivity (Wildman–Crippen MR) is 117 cm³/mol. The van der Waals surface area contributed by atoms with Crippen LogP contribution in [0.2, 0.25) is 0 Å². The van der Waals surface area contributed by atoms with Crippen molar-refractivity contribution in [2.45, 2.75) is 27.3 Å². The number of imidazole rings is 1. The molecule has 154 valence electrons. The van der Waals surface area contributed by atoms with Crippen LogP contribution in [-0.2, 0) is 13.6 Å². The highest BCUT2D eigenvalue weighted by atomic mass is 32.1. The third-order valence-electron chi connectivity index (χ3n) is 5.10. The van der Waals surface area contributed by atoms with Crippen molar-refractivity contribution < 1.29 is 4.79 Å². The van der Waals surface area contributed by atoms with E-state index in [4.69, 9.17) is 0 Å². The van der Waals surface area contributed by atoms with Gasteiger partial charge in [-0.2, -0.15) is 5.10 Å². The first-order valence-electron chi connectivity index (χ1n) is 9.47. The molecule has 8 nitrogen and oxygen atoms in total. The number of benzene rings is 1. The normalized spacial score (nSPS) is 11.2. The zero-order valence-corrected chi connectivity index (χ0v) is 18.3. The summed E-state index contributed by atoms with van der Waals surface area (Å²) in [6, 6.07) is 7.74. The number of rotatable bonds is 4. The summed E-state index contributed by atoms with van der Waals surface area (Å²) in [6.07, 6.45) is 0. The number of carbonyl (C=O) groups excluding carboxylic acids is 1. The second-order valence-corrected chi connectivity index (χ2v) is 8.31. The van der Waals surface area contributed by atoms with Crippen LogP contribution >= 0.6 is 11.3 Å². The monoisotopic (exact) mass is 422 g/mol. The van der Waals surface area contributed by atoms with Crippen molar-refractivity contribution in [2.75, 3.05) is 7.05 Å². The molecule has 0 atom stereocenters. The molecule has 0 radical (unpaired) electrons. The molecule has 0 saturated carbocycles. The molecule has 9 heteroatoms. The summed E-state index contributed by atoms with van der Waals surface area (Å²) in [4.78, 5) is 40.2. The zero-order chi connectivity index (χ0) is 21.6. The lowest BCUT2D eigenvalue weighted by Gasteiger charge is -2.14. The molecule has 4 aromatic rings. The van der Waals surface area contributed by atoms with E-state index >= 15 is 0 Å². The average Bonchev–Trinajstić information content (AvgIpc) is 3.28. The van der Waals surface area contributed by atoms with Crippen molar-refractivity contribution in [3.8, 4) is 10.6 Å². The second kappa shape index (κ2) is 7.49. The van der Waals surface area contributed by atoms with Crippen LogP contribution in [-0.4, -0.2) is 42.6 Å². The van der Waals surface area contributed by atoms with Crippen LogP contribution in [0, 0.1) is 20.8 Å². The number of nitrogens with one attached hydrogen (secondary N) is 1. The summed E-state index contributed by atoms with van der Waals surface area (Å²) in [5, 5.41) is 4.75. The number of carbonyl (C=O) groups is 1. The van der Waals surface area contributed by atoms with Crippen LogP contribution in [0.3, 0.4) is 0 Å². The number of aromatic amines is 1. The summed E-state index contributed by atoms with van der Waals surface area (Å²) in [7, 11) is 3.35. The maximum atomic E-state index is 13.1. The first-order chi connectivity index (χ1) is 14.3. The Labute approximate surface area is 177 Å². The molecule has 0 unspecified atom stereocenters. The molecule has 3 heterocycles. The van der Waals surface area contributed by atoms with E-state index in [-0.39, 0.29) is 11.5 Å². The Kier molecular flexibility index (Phi) is 4.98. The molecular weight excluding hydrogens is 400 g/mol. The van der Waals surface area contributed by atoms with Crippen LogP contribution in [0.4, 0.5) is 0 Å². The van der Waals surface area contributed by atoms with Gasteiger partial charge in [0.2, 0.25) is 0 Å². The smallest absolute Gasteiger partial charge is 0.277 e. The number of thiazole rings is 1. The molecule has 1 amide bonds. The number of aromatic nitrogens is 5. The van der Waals surface area contributed by atoms with E-state index in [2.05, 4.69) is 20.1 Å². The van der Waals surface area contributed by atoms with Gasteiger partial charge in [-0.1, -0.05) is 12.1 Å². The fourth-order valence-corrected chi connectivity index (χ4v) is 4.51. The quantitative estimate of drug-likeness (QED) is 0.545. The molecule has 3 aromatic heterocycles. The largest absolute Gasteiger partial charge is 0.340 e. The predicted octanol–water partition coefficient (Wildman–Crippen LogP) is 2.98. The van der Waals surface area contributed by atoms with Crippen molar-refractivity contribution in [3.05, 3.63) is 62.3 Å². The van der Waals surface area contributed by atoms with Gasteiger partial charge in [0.25, 0.3) is 11.5 Å². The Morgan fingerprint density at radius 2 is 1.90 bits per heavy atom. The maximum Gasteiger partial charge on any atom is 0.277 e. The van der Waals surface area contributed by atoms with Crippen LogP contribution in [0.15, 0.2) is 29.1 Å². The Balaban J connectivity index is 1.64. The number of amides is 1. The highest BCUT2D eigenvalue weighted by Gasteiger charge is 2.23. The van der Waals surface area contributed by atoms with Gasteiger partial charge in [0.05, 0.1) is 34.5 Å². The molecule has 0 saturated heterocycles. The average molecular weight is 423 g/mol. The molecular formula is C21H22N6O2S. The van der Waals surface area contributed by atoms with E-state index in [0.29, 0.717) is 33.5 Å². The second-order valence-electron chi connectivity index (χ2n) is 7.31. The molecule has 0 aliphatic rings. The fraction of sp³-hybridized carbons (Fsp3) is 0.286. The molecule has 1 N–H and O–H groups in total. The van der Waals surface area contributed by atoms with E-state index in [1.165, 1.54) is 16.0 Å². The molecule has 30 heavy (non-hydrogen) atoms. The Hall–Kier alpha value is -3.33. The molecule has 0 bridgehead atoms. The van der Waals surface area contributed by atoms with Gasteiger partial charge in [0, 0.05) is 14.1 Å². The number of nitrogens with zero attached hydrogens (tertiary/aromatic N) is 5. The van der Waals surface area contributed by atoms with Crippen LogP contribution in [0.5, 0.6) is 0 Å². The summed E-state index contributed by atoms with van der Waals surface area (Å²) in [5.41, 5.74) is 4.22. The van der Waals surface area contributed by atoms with Crippen molar-refractivity contribution in [2.24, 2.45) is 7.05 Å². The van der Waals surface area contributed by atoms with E-state index in [1.807, 2.05) is 38.1 Å². The molecule has 0 aliphatic heterocycles. The SMILES string of the molecule is Cc1nc(-c2c(C)c(C)nn(C)c2=O)sc1C(=O)N(C)Cc1nc2ccccc2[nH]1. The van der Waals surface area contributed by atoms with E-state index in [1.54, 1.807) is 25.9 Å². The van der Waals surface area contributed by atoms with Crippen LogP contribution in [0.1, 0.15) is 32.4 Å². The topological polar surface area (TPSA) is 96.8 Å². The minimum atomic E-state index is -0.221. The van der Waals surface area contributed by atoms with Gasteiger partial charge in [-0.25, -0.2) is 14.6 Å². The third-order valence-corrected chi connectivity index (χ3v) is 6.27. The Morgan fingerprint density at radius 1 is 1.17 bits per heavy atom. The lowest BCUT2D eigenvalue weighted by molar-refractivity contribution is 0.0786. The Bertz CT molecular complexity index is 1300. The number of hydrogen-bond donors (Lipinski definition) is 1. The van der Waals surface area contributed by atoms with Gasteiger partial charge in [-0.3, -0.25) is 9.59 Å². The molecule has 1 aromatic carbocycles. The number of para-hydroxylation sites is 2. The minimum Gasteiger partial charge on any atom is -0.340 e. The first-order valence-corrected chi connectivity index (χ1v) is 10.3. The summed E-state index contributed by atoms with van der Waals surface area (Å²) < 4.78 is 1.31. The van der Waals surface area contributed by atoms with Gasteiger partial charge < -0.3 is 9.88 Å². The summed E-state index contributed by atoms with van der Waals surface area (Å²) >= 11 is 1.24. The number of fused-ring (bicyclic) bond motifs is 1. The maximum absolute atomic E-state index is 13.1. The molecule has 0 fully saturated rings. The highest BCUT2D eigenvalue weighted by Crippen LogP contribution is 2.29. The summed E-state index contributed by atoms with van der Waals surface area (Å²) in [6.45, 7) is 5.84. The van der Waals surface area contributed by atoms with Gasteiger partial charge >= 0.3 is 0 Å². The Morgan fingerprint density at radius 3 is 2.63 bits per heavy atom. The van der Waals surface area contributed by atoms with E-state index in [0.717, 1.165) is 22.3 Å². The first kappa shape index (κ1) is 20.0. The van der Waals surface area contributed by atoms with Crippen LogP contribution < -0.4 is 5.56 Å². The van der Waals surface area contributed by atoms with Crippen molar-refractivity contribution in [3.63, 3.8) is 0 Å². The van der Waals surface area contributed by atoms with Gasteiger partial charge in [0.15, 0.2) is 0 Å². The fourth-order valence-electron chi connectivity index (χ4n) is 3.35.